The Morgan fingerprint density at radius 3 is 2.75 bits per heavy atom. The first-order valence-corrected chi connectivity index (χ1v) is 9.56. The van der Waals surface area contributed by atoms with Gasteiger partial charge < -0.3 is 4.74 Å². The molecule has 3 saturated heterocycles. The minimum atomic E-state index is -3.19. The van der Waals surface area contributed by atoms with Crippen molar-refractivity contribution >= 4 is 10.0 Å². The van der Waals surface area contributed by atoms with Gasteiger partial charge in [-0.3, -0.25) is 4.90 Å². The highest BCUT2D eigenvalue weighted by atomic mass is 32.2. The molecule has 0 amide bonds. The molecule has 3 aliphatic rings. The lowest BCUT2D eigenvalue weighted by Gasteiger charge is -2.42. The predicted molar refractivity (Wildman–Crippen MR) is 78.1 cm³/mol. The molecule has 5 nitrogen and oxygen atoms in total. The number of fused-ring (bicyclic) bond motifs is 1. The molecule has 0 aromatic rings. The minimum Gasteiger partial charge on any atom is -0.377 e. The summed E-state index contributed by atoms with van der Waals surface area (Å²) in [6.07, 6.45) is 5.05. The summed E-state index contributed by atoms with van der Waals surface area (Å²) in [5.41, 5.74) is 0. The Morgan fingerprint density at radius 2 is 2.05 bits per heavy atom. The van der Waals surface area contributed by atoms with Gasteiger partial charge in [0.05, 0.1) is 11.9 Å². The van der Waals surface area contributed by atoms with Gasteiger partial charge >= 0.3 is 0 Å². The zero-order valence-electron chi connectivity index (χ0n) is 12.3. The lowest BCUT2D eigenvalue weighted by molar-refractivity contribution is 0.101. The van der Waals surface area contributed by atoms with E-state index in [1.165, 1.54) is 6.42 Å². The van der Waals surface area contributed by atoms with Crippen LogP contribution in [0.15, 0.2) is 0 Å². The smallest absolute Gasteiger partial charge is 0.217 e. The van der Waals surface area contributed by atoms with Crippen LogP contribution in [0.1, 0.15) is 39.0 Å². The van der Waals surface area contributed by atoms with Crippen molar-refractivity contribution in [3.8, 4) is 0 Å². The van der Waals surface area contributed by atoms with E-state index in [4.69, 9.17) is 4.74 Å². The molecular weight excluding hydrogens is 276 g/mol. The van der Waals surface area contributed by atoms with E-state index >= 15 is 0 Å². The van der Waals surface area contributed by atoms with E-state index in [1.807, 2.05) is 0 Å². The van der Waals surface area contributed by atoms with Crippen LogP contribution in [0, 0.1) is 0 Å². The van der Waals surface area contributed by atoms with Crippen LogP contribution in [0.5, 0.6) is 0 Å². The molecule has 0 aromatic heterocycles. The molecule has 116 valence electrons. The van der Waals surface area contributed by atoms with E-state index in [1.54, 1.807) is 4.31 Å². The zero-order valence-corrected chi connectivity index (χ0v) is 13.1. The molecule has 3 aliphatic heterocycles. The third-order valence-electron chi connectivity index (χ3n) is 4.99. The van der Waals surface area contributed by atoms with E-state index in [9.17, 15) is 8.42 Å². The van der Waals surface area contributed by atoms with E-state index in [2.05, 4.69) is 11.8 Å². The van der Waals surface area contributed by atoms with Crippen LogP contribution >= 0.6 is 0 Å². The Kier molecular flexibility index (Phi) is 4.36. The van der Waals surface area contributed by atoms with Crippen LogP contribution in [-0.2, 0) is 14.8 Å². The molecule has 0 spiro atoms. The zero-order chi connectivity index (χ0) is 14.2. The summed E-state index contributed by atoms with van der Waals surface area (Å²) in [6, 6.07) is 0.591. The highest BCUT2D eigenvalue weighted by Gasteiger charge is 2.41. The standard InChI is InChI=1S/C14H26N2O3S/c1-2-12-9-15-7-3-5-13(15)10-16(12)20(17,18)11-14-6-4-8-19-14/h12-14H,2-11H2,1H3. The van der Waals surface area contributed by atoms with Crippen molar-refractivity contribution in [3.63, 3.8) is 0 Å². The first-order chi connectivity index (χ1) is 9.60. The van der Waals surface area contributed by atoms with Crippen molar-refractivity contribution in [1.29, 1.82) is 0 Å². The van der Waals surface area contributed by atoms with Gasteiger partial charge in [-0.2, -0.15) is 4.31 Å². The van der Waals surface area contributed by atoms with Crippen LogP contribution in [0.25, 0.3) is 0 Å². The van der Waals surface area contributed by atoms with Gasteiger partial charge in [0.15, 0.2) is 0 Å². The molecular formula is C14H26N2O3S. The third-order valence-corrected chi connectivity index (χ3v) is 6.95. The fourth-order valence-corrected chi connectivity index (χ4v) is 5.83. The van der Waals surface area contributed by atoms with Crippen LogP contribution in [0.4, 0.5) is 0 Å². The number of ether oxygens (including phenoxy) is 1. The van der Waals surface area contributed by atoms with Gasteiger partial charge in [-0.05, 0) is 38.6 Å². The maximum atomic E-state index is 12.7. The third kappa shape index (κ3) is 2.89. The quantitative estimate of drug-likeness (QED) is 0.779. The van der Waals surface area contributed by atoms with Crippen molar-refractivity contribution in [2.75, 3.05) is 32.0 Å². The molecule has 3 unspecified atom stereocenters. The van der Waals surface area contributed by atoms with E-state index < -0.39 is 10.0 Å². The van der Waals surface area contributed by atoms with Crippen LogP contribution in [-0.4, -0.2) is 67.8 Å². The molecule has 20 heavy (non-hydrogen) atoms. The molecule has 0 aliphatic carbocycles. The first-order valence-electron chi connectivity index (χ1n) is 7.95. The molecule has 0 radical (unpaired) electrons. The normalized spacial score (nSPS) is 36.4. The van der Waals surface area contributed by atoms with Gasteiger partial charge in [0, 0.05) is 31.8 Å². The number of hydrogen-bond acceptors (Lipinski definition) is 4. The molecule has 0 saturated carbocycles. The fraction of sp³-hybridized carbons (Fsp3) is 1.00. The summed E-state index contributed by atoms with van der Waals surface area (Å²) in [4.78, 5) is 2.48. The maximum Gasteiger partial charge on any atom is 0.217 e. The van der Waals surface area contributed by atoms with Crippen LogP contribution in [0.3, 0.4) is 0 Å². The van der Waals surface area contributed by atoms with Crippen LogP contribution < -0.4 is 0 Å². The second kappa shape index (κ2) is 5.91. The fourth-order valence-electron chi connectivity index (χ4n) is 3.84. The van der Waals surface area contributed by atoms with Gasteiger partial charge in [-0.25, -0.2) is 8.42 Å². The van der Waals surface area contributed by atoms with E-state index in [0.717, 1.165) is 38.8 Å². The van der Waals surface area contributed by atoms with Gasteiger partial charge in [0.2, 0.25) is 10.0 Å². The van der Waals surface area contributed by atoms with E-state index in [0.29, 0.717) is 19.2 Å². The molecule has 0 aromatic carbocycles. The Balaban J connectivity index is 1.72. The molecule has 0 bridgehead atoms. The lowest BCUT2D eigenvalue weighted by atomic mass is 10.1. The maximum absolute atomic E-state index is 12.7. The van der Waals surface area contributed by atoms with Crippen molar-refractivity contribution in [3.05, 3.63) is 0 Å². The summed E-state index contributed by atoms with van der Waals surface area (Å²) in [5.74, 6) is 0.177. The second-order valence-electron chi connectivity index (χ2n) is 6.34. The molecule has 0 N–H and O–H groups in total. The van der Waals surface area contributed by atoms with Crippen molar-refractivity contribution < 1.29 is 13.2 Å². The second-order valence-corrected chi connectivity index (χ2v) is 8.30. The topological polar surface area (TPSA) is 49.9 Å². The number of nitrogens with zero attached hydrogens (tertiary/aromatic N) is 2. The number of rotatable bonds is 4. The Morgan fingerprint density at radius 1 is 1.20 bits per heavy atom. The van der Waals surface area contributed by atoms with Crippen molar-refractivity contribution in [1.82, 2.24) is 9.21 Å². The van der Waals surface area contributed by atoms with E-state index in [-0.39, 0.29) is 17.9 Å². The molecule has 3 rings (SSSR count). The Labute approximate surface area is 122 Å². The highest BCUT2D eigenvalue weighted by Crippen LogP contribution is 2.28. The van der Waals surface area contributed by atoms with Gasteiger partial charge in [0.25, 0.3) is 0 Å². The number of sulfonamides is 1. The average Bonchev–Trinajstić information content (AvgIpc) is 3.06. The monoisotopic (exact) mass is 302 g/mol. The summed E-state index contributed by atoms with van der Waals surface area (Å²) in [7, 11) is -3.19. The summed E-state index contributed by atoms with van der Waals surface area (Å²) >= 11 is 0. The summed E-state index contributed by atoms with van der Waals surface area (Å²) in [6.45, 7) is 5.55. The van der Waals surface area contributed by atoms with Crippen molar-refractivity contribution in [2.45, 2.75) is 57.2 Å². The molecule has 3 heterocycles. The first kappa shape index (κ1) is 14.8. The molecule has 3 fully saturated rings. The average molecular weight is 302 g/mol. The van der Waals surface area contributed by atoms with Gasteiger partial charge in [0.1, 0.15) is 0 Å². The summed E-state index contributed by atoms with van der Waals surface area (Å²) in [5, 5.41) is 0. The molecule has 6 heteroatoms. The highest BCUT2D eigenvalue weighted by molar-refractivity contribution is 7.89. The van der Waals surface area contributed by atoms with Gasteiger partial charge in [-0.1, -0.05) is 6.92 Å². The summed E-state index contributed by atoms with van der Waals surface area (Å²) < 4.78 is 32.8. The predicted octanol–water partition coefficient (Wildman–Crippen LogP) is 1.05. The Bertz CT molecular complexity index is 434. The minimum absolute atomic E-state index is 0.0842. The Hall–Kier alpha value is -0.170. The number of hydrogen-bond donors (Lipinski definition) is 0. The SMILES string of the molecule is CCC1CN2CCCC2CN1S(=O)(=O)CC1CCCO1. The van der Waals surface area contributed by atoms with Crippen LogP contribution in [0.2, 0.25) is 0 Å². The largest absolute Gasteiger partial charge is 0.377 e. The number of piperazine rings is 1. The van der Waals surface area contributed by atoms with Gasteiger partial charge in [-0.15, -0.1) is 0 Å². The van der Waals surface area contributed by atoms with Crippen molar-refractivity contribution in [2.24, 2.45) is 0 Å². The lowest BCUT2D eigenvalue weighted by Crippen LogP contribution is -2.58. The molecule has 3 atom stereocenters.